The molecule has 2 nitrogen and oxygen atoms in total. The van der Waals surface area contributed by atoms with Crippen molar-refractivity contribution in [2.24, 2.45) is 0 Å². The van der Waals surface area contributed by atoms with Crippen LogP contribution in [0.3, 0.4) is 0 Å². The van der Waals surface area contributed by atoms with Crippen molar-refractivity contribution in [3.63, 3.8) is 0 Å². The molecule has 1 fully saturated rings. The third kappa shape index (κ3) is 2.11. The third-order valence-corrected chi connectivity index (χ3v) is 4.01. The highest BCUT2D eigenvalue weighted by Gasteiger charge is 2.23. The number of thiophene rings is 1. The van der Waals surface area contributed by atoms with E-state index in [-0.39, 0.29) is 12.6 Å². The van der Waals surface area contributed by atoms with Gasteiger partial charge in [-0.3, -0.25) is 4.90 Å². The maximum Gasteiger partial charge on any atom is 0.0931 e. The highest BCUT2D eigenvalue weighted by Crippen LogP contribution is 2.31. The quantitative estimate of drug-likeness (QED) is 0.864. The van der Waals surface area contributed by atoms with Crippen LogP contribution in [-0.4, -0.2) is 29.7 Å². The second kappa shape index (κ2) is 4.62. The second-order valence-electron chi connectivity index (χ2n) is 3.58. The van der Waals surface area contributed by atoms with Gasteiger partial charge in [0.05, 0.1) is 17.0 Å². The number of likely N-dealkylation sites (tertiary alicyclic amines) is 1. The maximum absolute atomic E-state index is 9.37. The van der Waals surface area contributed by atoms with Crippen molar-refractivity contribution >= 4 is 22.9 Å². The fourth-order valence-electron chi connectivity index (χ4n) is 1.95. The minimum atomic E-state index is 0.162. The molecule has 0 spiro atoms. The average molecular weight is 232 g/mol. The maximum atomic E-state index is 9.37. The second-order valence-corrected chi connectivity index (χ2v) is 5.33. The van der Waals surface area contributed by atoms with Crippen molar-refractivity contribution in [1.82, 2.24) is 4.90 Å². The number of halogens is 1. The highest BCUT2D eigenvalue weighted by molar-refractivity contribution is 7.16. The Hall–Kier alpha value is -0.0900. The smallest absolute Gasteiger partial charge is 0.0931 e. The largest absolute Gasteiger partial charge is 0.394 e. The lowest BCUT2D eigenvalue weighted by Crippen LogP contribution is -2.27. The summed E-state index contributed by atoms with van der Waals surface area (Å²) in [6.07, 6.45) is 2.49. The first-order valence-corrected chi connectivity index (χ1v) is 6.11. The summed E-state index contributed by atoms with van der Waals surface area (Å²) in [5.74, 6) is 0. The molecule has 2 heterocycles. The van der Waals surface area contributed by atoms with Gasteiger partial charge in [0.1, 0.15) is 0 Å². The van der Waals surface area contributed by atoms with Gasteiger partial charge in [0.15, 0.2) is 0 Å². The van der Waals surface area contributed by atoms with E-state index in [1.165, 1.54) is 17.7 Å². The number of hydrogen-bond acceptors (Lipinski definition) is 3. The summed E-state index contributed by atoms with van der Waals surface area (Å²) in [5, 5.41) is 9.37. The van der Waals surface area contributed by atoms with Crippen LogP contribution < -0.4 is 0 Å². The van der Waals surface area contributed by atoms with Gasteiger partial charge in [0, 0.05) is 4.88 Å². The van der Waals surface area contributed by atoms with Crippen LogP contribution in [0, 0.1) is 0 Å². The summed E-state index contributed by atoms with van der Waals surface area (Å²) < 4.78 is 0.803. The normalized spacial score (nSPS) is 20.1. The van der Waals surface area contributed by atoms with E-state index in [2.05, 4.69) is 4.90 Å². The Morgan fingerprint density at radius 3 is 2.64 bits per heavy atom. The van der Waals surface area contributed by atoms with Crippen LogP contribution in [0.25, 0.3) is 0 Å². The molecule has 1 aliphatic rings. The van der Waals surface area contributed by atoms with Gasteiger partial charge >= 0.3 is 0 Å². The average Bonchev–Trinajstić information content (AvgIpc) is 2.79. The van der Waals surface area contributed by atoms with Crippen molar-refractivity contribution in [2.75, 3.05) is 19.7 Å². The minimum absolute atomic E-state index is 0.162. The fourth-order valence-corrected chi connectivity index (χ4v) is 3.13. The molecule has 2 rings (SSSR count). The number of aliphatic hydroxyl groups excluding tert-OH is 1. The number of rotatable bonds is 3. The molecule has 1 aromatic heterocycles. The van der Waals surface area contributed by atoms with Crippen LogP contribution >= 0.6 is 22.9 Å². The number of hydrogen-bond donors (Lipinski definition) is 1. The fraction of sp³-hybridized carbons (Fsp3) is 0.600. The Balaban J connectivity index is 2.12. The van der Waals surface area contributed by atoms with Crippen molar-refractivity contribution in [3.05, 3.63) is 21.3 Å². The molecule has 78 valence electrons. The summed E-state index contributed by atoms with van der Waals surface area (Å²) in [7, 11) is 0. The van der Waals surface area contributed by atoms with Gasteiger partial charge in [0.25, 0.3) is 0 Å². The molecule has 1 aromatic rings. The van der Waals surface area contributed by atoms with Crippen LogP contribution in [0.5, 0.6) is 0 Å². The van der Waals surface area contributed by atoms with E-state index in [1.54, 1.807) is 11.3 Å². The van der Waals surface area contributed by atoms with Crippen molar-refractivity contribution in [3.8, 4) is 0 Å². The van der Waals surface area contributed by atoms with Gasteiger partial charge in [-0.05, 0) is 38.1 Å². The molecule has 0 saturated carbocycles. The summed E-state index contributed by atoms with van der Waals surface area (Å²) in [5.41, 5.74) is 0. The zero-order valence-electron chi connectivity index (χ0n) is 7.95. The Kier molecular flexibility index (Phi) is 3.44. The summed E-state index contributed by atoms with van der Waals surface area (Å²) in [4.78, 5) is 3.52. The number of aliphatic hydroxyl groups is 1. The third-order valence-electron chi connectivity index (χ3n) is 2.68. The molecular weight excluding hydrogens is 218 g/mol. The van der Waals surface area contributed by atoms with Gasteiger partial charge in [-0.1, -0.05) is 11.6 Å². The van der Waals surface area contributed by atoms with Crippen LogP contribution in [0.1, 0.15) is 23.8 Å². The van der Waals surface area contributed by atoms with E-state index in [1.807, 2.05) is 12.1 Å². The SMILES string of the molecule is OCC(c1ccc(Cl)s1)N1CCCC1. The number of nitrogens with zero attached hydrogens (tertiary/aromatic N) is 1. The summed E-state index contributed by atoms with van der Waals surface area (Å²) >= 11 is 7.46. The zero-order valence-corrected chi connectivity index (χ0v) is 9.52. The Morgan fingerprint density at radius 2 is 2.14 bits per heavy atom. The lowest BCUT2D eigenvalue weighted by Gasteiger charge is -2.24. The molecule has 1 aliphatic heterocycles. The van der Waals surface area contributed by atoms with Gasteiger partial charge in [-0.2, -0.15) is 0 Å². The lowest BCUT2D eigenvalue weighted by atomic mass is 10.2. The van der Waals surface area contributed by atoms with E-state index in [9.17, 15) is 5.11 Å². The predicted molar refractivity (Wildman–Crippen MR) is 60.0 cm³/mol. The van der Waals surface area contributed by atoms with E-state index in [0.717, 1.165) is 17.4 Å². The molecule has 1 N–H and O–H groups in total. The van der Waals surface area contributed by atoms with E-state index < -0.39 is 0 Å². The van der Waals surface area contributed by atoms with E-state index in [4.69, 9.17) is 11.6 Å². The van der Waals surface area contributed by atoms with Gasteiger partial charge in [-0.15, -0.1) is 11.3 Å². The first-order chi connectivity index (χ1) is 6.81. The van der Waals surface area contributed by atoms with Gasteiger partial charge in [0.2, 0.25) is 0 Å². The van der Waals surface area contributed by atoms with E-state index >= 15 is 0 Å². The minimum Gasteiger partial charge on any atom is -0.394 e. The molecule has 4 heteroatoms. The first kappa shape index (κ1) is 10.4. The van der Waals surface area contributed by atoms with Gasteiger partial charge < -0.3 is 5.11 Å². The Bertz CT molecular complexity index is 296. The van der Waals surface area contributed by atoms with Crippen molar-refractivity contribution in [1.29, 1.82) is 0 Å². The van der Waals surface area contributed by atoms with Crippen LogP contribution in [-0.2, 0) is 0 Å². The molecule has 0 bridgehead atoms. The Morgan fingerprint density at radius 1 is 1.43 bits per heavy atom. The van der Waals surface area contributed by atoms with Crippen LogP contribution in [0.4, 0.5) is 0 Å². The molecule has 0 radical (unpaired) electrons. The van der Waals surface area contributed by atoms with E-state index in [0.29, 0.717) is 0 Å². The molecule has 0 aromatic carbocycles. The topological polar surface area (TPSA) is 23.5 Å². The summed E-state index contributed by atoms with van der Waals surface area (Å²) in [6.45, 7) is 2.39. The monoisotopic (exact) mass is 231 g/mol. The highest BCUT2D eigenvalue weighted by atomic mass is 35.5. The Labute approximate surface area is 93.1 Å². The lowest BCUT2D eigenvalue weighted by molar-refractivity contribution is 0.149. The molecule has 1 atom stereocenters. The molecular formula is C10H14ClNOS. The van der Waals surface area contributed by atoms with Gasteiger partial charge in [-0.25, -0.2) is 0 Å². The molecule has 1 saturated heterocycles. The van der Waals surface area contributed by atoms with Crippen molar-refractivity contribution < 1.29 is 5.11 Å². The molecule has 0 aliphatic carbocycles. The predicted octanol–water partition coefficient (Wildman–Crippen LogP) is 2.53. The molecule has 0 amide bonds. The van der Waals surface area contributed by atoms with Crippen LogP contribution in [0.2, 0.25) is 4.34 Å². The molecule has 1 unspecified atom stereocenters. The zero-order chi connectivity index (χ0) is 9.97. The van der Waals surface area contributed by atoms with Crippen molar-refractivity contribution in [2.45, 2.75) is 18.9 Å². The standard InChI is InChI=1S/C10H14ClNOS/c11-10-4-3-9(14-10)8(7-13)12-5-1-2-6-12/h3-4,8,13H,1-2,5-7H2. The molecule has 14 heavy (non-hydrogen) atoms. The first-order valence-electron chi connectivity index (χ1n) is 4.91. The van der Waals surface area contributed by atoms with Crippen LogP contribution in [0.15, 0.2) is 12.1 Å². The summed E-state index contributed by atoms with van der Waals surface area (Å²) in [6, 6.07) is 4.09.